The summed E-state index contributed by atoms with van der Waals surface area (Å²) >= 11 is 0. The molecule has 1 amide bonds. The maximum atomic E-state index is 14.0. The molecule has 2 atom stereocenters. The number of nitrogens with zero attached hydrogens (tertiary/aromatic N) is 7. The van der Waals surface area contributed by atoms with Crippen LogP contribution in [0.1, 0.15) is 60.4 Å². The van der Waals surface area contributed by atoms with E-state index in [2.05, 4.69) is 35.9 Å². The van der Waals surface area contributed by atoms with Crippen LogP contribution >= 0.6 is 0 Å². The third-order valence-corrected chi connectivity index (χ3v) is 11.2. The van der Waals surface area contributed by atoms with Crippen molar-refractivity contribution < 1.29 is 28.2 Å². The van der Waals surface area contributed by atoms with Crippen LogP contribution in [0.25, 0.3) is 11.0 Å². The number of hydrogen-bond donors (Lipinski definition) is 4. The fraction of sp³-hybridized carbons (Fsp3) is 0.389. The summed E-state index contributed by atoms with van der Waals surface area (Å²) in [7, 11) is -3.94. The van der Waals surface area contributed by atoms with Crippen molar-refractivity contribution in [1.29, 1.82) is 0 Å². The van der Waals surface area contributed by atoms with Gasteiger partial charge in [0.15, 0.2) is 0 Å². The van der Waals surface area contributed by atoms with Gasteiger partial charge in [-0.3, -0.25) is 4.79 Å². The SMILES string of the molecule is CC[C@@H]1CN(Cc2cc([C@H](CC(=O)Nc3cnc(NC(CO)CO)nc3)c3ccc4c(nnn4CC)c3C)ccc2C)S(=O)(=O)c2cccnc2O1. The summed E-state index contributed by atoms with van der Waals surface area (Å²) in [6, 6.07) is 12.4. The van der Waals surface area contributed by atoms with Crippen molar-refractivity contribution in [2.24, 2.45) is 0 Å². The smallest absolute Gasteiger partial charge is 0.248 e. The van der Waals surface area contributed by atoms with E-state index in [9.17, 15) is 23.4 Å². The minimum atomic E-state index is -3.94. The monoisotopic (exact) mass is 729 g/mol. The van der Waals surface area contributed by atoms with E-state index in [-0.39, 0.29) is 61.5 Å². The molecule has 0 radical (unpaired) electrons. The fourth-order valence-corrected chi connectivity index (χ4v) is 7.87. The van der Waals surface area contributed by atoms with Gasteiger partial charge >= 0.3 is 0 Å². The number of aryl methyl sites for hydroxylation is 3. The van der Waals surface area contributed by atoms with E-state index in [4.69, 9.17) is 4.74 Å². The van der Waals surface area contributed by atoms with E-state index >= 15 is 0 Å². The summed E-state index contributed by atoms with van der Waals surface area (Å²) in [6.07, 6.45) is 4.67. The third kappa shape index (κ3) is 7.60. The molecular weight excluding hydrogens is 687 g/mol. The summed E-state index contributed by atoms with van der Waals surface area (Å²) in [5.41, 5.74) is 6.30. The van der Waals surface area contributed by atoms with Gasteiger partial charge in [0.25, 0.3) is 0 Å². The second-order valence-corrected chi connectivity index (χ2v) is 14.7. The zero-order chi connectivity index (χ0) is 37.0. The number of rotatable bonds is 13. The number of aliphatic hydroxyl groups excluding tert-OH is 2. The lowest BCUT2D eigenvalue weighted by Crippen LogP contribution is -2.36. The van der Waals surface area contributed by atoms with Crippen molar-refractivity contribution in [1.82, 2.24) is 34.3 Å². The zero-order valence-corrected chi connectivity index (χ0v) is 30.3. The maximum absolute atomic E-state index is 14.0. The Morgan fingerprint density at radius 1 is 1.06 bits per heavy atom. The normalized spacial score (nSPS) is 16.2. The van der Waals surface area contributed by atoms with E-state index in [0.29, 0.717) is 18.7 Å². The van der Waals surface area contributed by atoms with E-state index in [1.165, 1.54) is 29.0 Å². The molecule has 3 aromatic heterocycles. The Morgan fingerprint density at radius 2 is 1.83 bits per heavy atom. The van der Waals surface area contributed by atoms with Crippen LogP contribution in [0.5, 0.6) is 5.88 Å². The Labute approximate surface area is 302 Å². The molecule has 0 bridgehead atoms. The molecule has 0 fully saturated rings. The van der Waals surface area contributed by atoms with Gasteiger partial charge in [0, 0.05) is 31.6 Å². The first-order valence-electron chi connectivity index (χ1n) is 17.2. The van der Waals surface area contributed by atoms with Crippen LogP contribution in [-0.4, -0.2) is 90.7 Å². The Balaban J connectivity index is 1.34. The van der Waals surface area contributed by atoms with E-state index in [1.807, 2.05) is 62.7 Å². The number of pyridine rings is 1. The Morgan fingerprint density at radius 3 is 2.54 bits per heavy atom. The average molecular weight is 730 g/mol. The number of carbonyl (C=O) groups is 1. The first-order chi connectivity index (χ1) is 25.1. The lowest BCUT2D eigenvalue weighted by Gasteiger charge is -2.25. The van der Waals surface area contributed by atoms with Gasteiger partial charge in [0.05, 0.1) is 49.4 Å². The second-order valence-electron chi connectivity index (χ2n) is 12.8. The molecule has 4 heterocycles. The summed E-state index contributed by atoms with van der Waals surface area (Å²) in [5.74, 6) is -0.429. The molecule has 0 unspecified atom stereocenters. The second kappa shape index (κ2) is 15.7. The molecule has 274 valence electrons. The number of hydrogen-bond acceptors (Lipinski definition) is 12. The largest absolute Gasteiger partial charge is 0.472 e. The first kappa shape index (κ1) is 36.8. The van der Waals surface area contributed by atoms with Gasteiger partial charge in [0.1, 0.15) is 16.5 Å². The molecule has 15 nitrogen and oxygen atoms in total. The van der Waals surface area contributed by atoms with Gasteiger partial charge in [0.2, 0.25) is 27.8 Å². The maximum Gasteiger partial charge on any atom is 0.248 e. The zero-order valence-electron chi connectivity index (χ0n) is 29.5. The molecule has 52 heavy (non-hydrogen) atoms. The fourth-order valence-electron chi connectivity index (χ4n) is 6.35. The highest BCUT2D eigenvalue weighted by Crippen LogP contribution is 2.36. The quantitative estimate of drug-likeness (QED) is 0.138. The Bertz CT molecular complexity index is 2160. The van der Waals surface area contributed by atoms with Gasteiger partial charge in [-0.2, -0.15) is 4.31 Å². The molecule has 2 aromatic carbocycles. The van der Waals surface area contributed by atoms with Crippen LogP contribution in [-0.2, 0) is 27.9 Å². The number of anilines is 2. The number of ether oxygens (including phenoxy) is 1. The van der Waals surface area contributed by atoms with Crippen molar-refractivity contribution in [3.05, 3.63) is 88.9 Å². The first-order valence-corrected chi connectivity index (χ1v) is 18.6. The van der Waals surface area contributed by atoms with Crippen molar-refractivity contribution in [3.8, 4) is 5.88 Å². The summed E-state index contributed by atoms with van der Waals surface area (Å²) in [6.45, 7) is 8.17. The molecular formula is C36H43N9O6S. The molecule has 1 aliphatic rings. The highest BCUT2D eigenvalue weighted by Gasteiger charge is 2.35. The summed E-state index contributed by atoms with van der Waals surface area (Å²) < 4.78 is 37.2. The van der Waals surface area contributed by atoms with Gasteiger partial charge in [-0.15, -0.1) is 5.10 Å². The number of aliphatic hydroxyl groups is 2. The number of carbonyl (C=O) groups excluding carboxylic acids is 1. The van der Waals surface area contributed by atoms with Crippen molar-refractivity contribution in [2.75, 3.05) is 30.4 Å². The molecule has 0 saturated heterocycles. The van der Waals surface area contributed by atoms with Gasteiger partial charge < -0.3 is 25.6 Å². The highest BCUT2D eigenvalue weighted by molar-refractivity contribution is 7.89. The van der Waals surface area contributed by atoms with Crippen molar-refractivity contribution >= 4 is 38.6 Å². The standard InChI is InChI=1S/C36H43N9O6S/c1-5-28-19-44(52(49,50)32-8-7-13-37-35(32)51-28)18-25-14-24(10-9-22(25)3)30(29-11-12-31-34(23(29)4)42-43-45(31)6-2)15-33(48)40-26-16-38-36(39-17-26)41-27(20-46)21-47/h7-14,16-17,27-28,30,46-47H,5-6,15,18-21H2,1-4H3,(H,40,48)(H,38,39,41)/t28-,30+/m1/s1. The van der Waals surface area contributed by atoms with Crippen LogP contribution in [0.15, 0.2) is 66.0 Å². The predicted octanol–water partition coefficient (Wildman–Crippen LogP) is 3.54. The lowest BCUT2D eigenvalue weighted by molar-refractivity contribution is -0.116. The molecule has 1 aliphatic heterocycles. The number of fused-ring (bicyclic) bond motifs is 2. The number of aromatic nitrogens is 6. The Kier molecular flexibility index (Phi) is 11.1. The minimum Gasteiger partial charge on any atom is -0.472 e. The number of benzene rings is 2. The summed E-state index contributed by atoms with van der Waals surface area (Å²) in [5, 5.41) is 33.2. The number of amides is 1. The highest BCUT2D eigenvalue weighted by atomic mass is 32.2. The van der Waals surface area contributed by atoms with Crippen LogP contribution in [0.4, 0.5) is 11.6 Å². The van der Waals surface area contributed by atoms with E-state index in [1.54, 1.807) is 6.07 Å². The molecule has 5 aromatic rings. The van der Waals surface area contributed by atoms with Gasteiger partial charge in [-0.25, -0.2) is 28.1 Å². The summed E-state index contributed by atoms with van der Waals surface area (Å²) in [4.78, 5) is 26.4. The van der Waals surface area contributed by atoms with Gasteiger partial charge in [-0.05, 0) is 73.2 Å². The lowest BCUT2D eigenvalue weighted by atomic mass is 9.84. The van der Waals surface area contributed by atoms with Crippen LogP contribution < -0.4 is 15.4 Å². The molecule has 16 heteroatoms. The van der Waals surface area contributed by atoms with Crippen molar-refractivity contribution in [3.63, 3.8) is 0 Å². The van der Waals surface area contributed by atoms with Gasteiger partial charge in [-0.1, -0.05) is 36.4 Å². The number of sulfonamides is 1. The minimum absolute atomic E-state index is 0.0350. The molecule has 4 N–H and O–H groups in total. The molecule has 0 aliphatic carbocycles. The van der Waals surface area contributed by atoms with Crippen LogP contribution in [0.2, 0.25) is 0 Å². The van der Waals surface area contributed by atoms with E-state index in [0.717, 1.165) is 38.9 Å². The van der Waals surface area contributed by atoms with Crippen molar-refractivity contribution in [2.45, 2.75) is 76.6 Å². The van der Waals surface area contributed by atoms with Crippen LogP contribution in [0, 0.1) is 13.8 Å². The third-order valence-electron chi connectivity index (χ3n) is 9.37. The molecule has 6 rings (SSSR count). The predicted molar refractivity (Wildman–Crippen MR) is 194 cm³/mol. The van der Waals surface area contributed by atoms with Crippen LogP contribution in [0.3, 0.4) is 0 Å². The average Bonchev–Trinajstić information content (AvgIpc) is 3.54. The molecule has 0 spiro atoms. The molecule has 0 saturated carbocycles. The number of nitrogens with one attached hydrogen (secondary N) is 2. The van der Waals surface area contributed by atoms with E-state index < -0.39 is 22.0 Å². The topological polar surface area (TPSA) is 198 Å². The Hall–Kier alpha value is -5.03.